The van der Waals surface area contributed by atoms with E-state index in [0.29, 0.717) is 13.0 Å². The van der Waals surface area contributed by atoms with Crippen molar-refractivity contribution in [3.05, 3.63) is 0 Å². The highest BCUT2D eigenvalue weighted by Crippen LogP contribution is 2.20. The standard InChI is InChI=1S/C7H13N3O3/c8-5(11)7(13)2-1-3-10(4-7)6(9)12/h13H,1-4H2,(H2,8,11)(H2,9,12). The molecule has 0 bridgehead atoms. The van der Waals surface area contributed by atoms with E-state index in [1.54, 1.807) is 0 Å². The number of hydrogen-bond acceptors (Lipinski definition) is 3. The molecule has 1 aliphatic heterocycles. The topological polar surface area (TPSA) is 110 Å². The molecule has 13 heavy (non-hydrogen) atoms. The number of rotatable bonds is 1. The lowest BCUT2D eigenvalue weighted by atomic mass is 9.92. The van der Waals surface area contributed by atoms with Crippen LogP contribution < -0.4 is 11.5 Å². The third kappa shape index (κ3) is 1.89. The number of likely N-dealkylation sites (tertiary alicyclic amines) is 1. The van der Waals surface area contributed by atoms with Crippen molar-refractivity contribution in [3.8, 4) is 0 Å². The lowest BCUT2D eigenvalue weighted by molar-refractivity contribution is -0.140. The fraction of sp³-hybridized carbons (Fsp3) is 0.714. The van der Waals surface area contributed by atoms with Gasteiger partial charge >= 0.3 is 6.03 Å². The molecule has 1 heterocycles. The van der Waals surface area contributed by atoms with E-state index in [2.05, 4.69) is 0 Å². The van der Waals surface area contributed by atoms with Gasteiger partial charge in [0, 0.05) is 6.54 Å². The maximum atomic E-state index is 10.8. The Hall–Kier alpha value is -1.30. The molecule has 0 radical (unpaired) electrons. The van der Waals surface area contributed by atoms with Gasteiger partial charge in [0.05, 0.1) is 6.54 Å². The Labute approximate surface area is 75.5 Å². The summed E-state index contributed by atoms with van der Waals surface area (Å²) in [4.78, 5) is 22.8. The largest absolute Gasteiger partial charge is 0.378 e. The lowest BCUT2D eigenvalue weighted by Gasteiger charge is -2.35. The van der Waals surface area contributed by atoms with Crippen molar-refractivity contribution in [2.75, 3.05) is 13.1 Å². The van der Waals surface area contributed by atoms with Gasteiger partial charge in [0.15, 0.2) is 5.60 Å². The smallest absolute Gasteiger partial charge is 0.314 e. The number of hydrogen-bond donors (Lipinski definition) is 3. The normalized spacial score (nSPS) is 28.5. The molecule has 1 atom stereocenters. The van der Waals surface area contributed by atoms with Gasteiger partial charge in [-0.15, -0.1) is 0 Å². The van der Waals surface area contributed by atoms with Crippen molar-refractivity contribution >= 4 is 11.9 Å². The molecule has 1 unspecified atom stereocenters. The zero-order chi connectivity index (χ0) is 10.1. The fourth-order valence-electron chi connectivity index (χ4n) is 1.43. The molecule has 1 rings (SSSR count). The van der Waals surface area contributed by atoms with Gasteiger partial charge in [-0.25, -0.2) is 4.79 Å². The molecule has 5 N–H and O–H groups in total. The number of aliphatic hydroxyl groups is 1. The number of carbonyl (C=O) groups excluding carboxylic acids is 2. The number of primary amides is 2. The van der Waals surface area contributed by atoms with Crippen LogP contribution in [0.3, 0.4) is 0 Å². The molecule has 3 amide bonds. The summed E-state index contributed by atoms with van der Waals surface area (Å²) in [7, 11) is 0. The Morgan fingerprint density at radius 3 is 2.46 bits per heavy atom. The molecule has 0 aromatic heterocycles. The monoisotopic (exact) mass is 187 g/mol. The van der Waals surface area contributed by atoms with Crippen LogP contribution in [-0.2, 0) is 4.79 Å². The molecule has 0 spiro atoms. The molecule has 1 fully saturated rings. The maximum Gasteiger partial charge on any atom is 0.314 e. The van der Waals surface area contributed by atoms with Gasteiger partial charge in [0.1, 0.15) is 0 Å². The van der Waals surface area contributed by atoms with E-state index in [-0.39, 0.29) is 13.0 Å². The van der Waals surface area contributed by atoms with Crippen molar-refractivity contribution in [1.82, 2.24) is 4.90 Å². The van der Waals surface area contributed by atoms with Crippen LogP contribution in [0, 0.1) is 0 Å². The summed E-state index contributed by atoms with van der Waals surface area (Å²) in [5.74, 6) is -0.807. The average Bonchev–Trinajstić information content (AvgIpc) is 2.04. The summed E-state index contributed by atoms with van der Waals surface area (Å²) in [5, 5.41) is 9.64. The number of urea groups is 1. The summed E-state index contributed by atoms with van der Waals surface area (Å²) in [6.07, 6.45) is 0.814. The highest BCUT2D eigenvalue weighted by atomic mass is 16.3. The molecule has 0 saturated carbocycles. The predicted molar refractivity (Wildman–Crippen MR) is 44.5 cm³/mol. The number of nitrogens with zero attached hydrogens (tertiary/aromatic N) is 1. The van der Waals surface area contributed by atoms with Crippen LogP contribution in [0.25, 0.3) is 0 Å². The van der Waals surface area contributed by atoms with Gasteiger partial charge in [0.25, 0.3) is 5.91 Å². The fourth-order valence-corrected chi connectivity index (χ4v) is 1.43. The Balaban J connectivity index is 2.71. The van der Waals surface area contributed by atoms with Crippen LogP contribution >= 0.6 is 0 Å². The second-order valence-electron chi connectivity index (χ2n) is 3.26. The predicted octanol–water partition coefficient (Wildman–Crippen LogP) is -1.62. The maximum absolute atomic E-state index is 10.8. The Morgan fingerprint density at radius 2 is 2.00 bits per heavy atom. The van der Waals surface area contributed by atoms with Crippen LogP contribution in [0.2, 0.25) is 0 Å². The average molecular weight is 187 g/mol. The minimum atomic E-state index is -1.60. The van der Waals surface area contributed by atoms with Gasteiger partial charge in [-0.05, 0) is 12.8 Å². The van der Waals surface area contributed by atoms with Crippen molar-refractivity contribution in [2.45, 2.75) is 18.4 Å². The Kier molecular flexibility index (Phi) is 2.42. The highest BCUT2D eigenvalue weighted by molar-refractivity contribution is 5.84. The minimum Gasteiger partial charge on any atom is -0.378 e. The molecular weight excluding hydrogens is 174 g/mol. The molecule has 1 saturated heterocycles. The van der Waals surface area contributed by atoms with Crippen LogP contribution in [0.1, 0.15) is 12.8 Å². The highest BCUT2D eigenvalue weighted by Gasteiger charge is 2.39. The number of carbonyl (C=O) groups is 2. The van der Waals surface area contributed by atoms with Crippen LogP contribution in [-0.4, -0.2) is 40.6 Å². The van der Waals surface area contributed by atoms with E-state index in [1.165, 1.54) is 4.90 Å². The first-order valence-corrected chi connectivity index (χ1v) is 4.02. The Bertz CT molecular complexity index is 243. The molecule has 6 heteroatoms. The molecule has 74 valence electrons. The van der Waals surface area contributed by atoms with Crippen molar-refractivity contribution in [2.24, 2.45) is 11.5 Å². The number of piperidine rings is 1. The number of nitrogens with two attached hydrogens (primary N) is 2. The molecule has 0 aromatic carbocycles. The van der Waals surface area contributed by atoms with Crippen LogP contribution in [0.5, 0.6) is 0 Å². The molecule has 0 aromatic rings. The first kappa shape index (κ1) is 9.79. The third-order valence-corrected chi connectivity index (χ3v) is 2.24. The van der Waals surface area contributed by atoms with E-state index in [1.807, 2.05) is 0 Å². The van der Waals surface area contributed by atoms with Crippen molar-refractivity contribution in [3.63, 3.8) is 0 Å². The number of β-amino-alcohol motifs (C(OH)–C–C–N with tert-alkyl or cyclic N) is 1. The van der Waals surface area contributed by atoms with Crippen LogP contribution in [0.4, 0.5) is 4.79 Å². The SMILES string of the molecule is NC(=O)N1CCCC(O)(C(N)=O)C1. The zero-order valence-corrected chi connectivity index (χ0v) is 7.19. The van der Waals surface area contributed by atoms with Gasteiger partial charge in [-0.2, -0.15) is 0 Å². The van der Waals surface area contributed by atoms with E-state index in [9.17, 15) is 14.7 Å². The van der Waals surface area contributed by atoms with Crippen molar-refractivity contribution in [1.29, 1.82) is 0 Å². The van der Waals surface area contributed by atoms with E-state index in [0.717, 1.165) is 0 Å². The van der Waals surface area contributed by atoms with Gasteiger partial charge in [-0.1, -0.05) is 0 Å². The Morgan fingerprint density at radius 1 is 1.38 bits per heavy atom. The van der Waals surface area contributed by atoms with Gasteiger partial charge < -0.3 is 21.5 Å². The van der Waals surface area contributed by atoms with Gasteiger partial charge in [-0.3, -0.25) is 4.79 Å². The summed E-state index contributed by atoms with van der Waals surface area (Å²) in [6, 6.07) is -0.639. The molecular formula is C7H13N3O3. The first-order chi connectivity index (χ1) is 5.96. The first-order valence-electron chi connectivity index (χ1n) is 4.02. The number of amides is 3. The molecule has 0 aliphatic carbocycles. The second kappa shape index (κ2) is 3.21. The van der Waals surface area contributed by atoms with E-state index in [4.69, 9.17) is 11.5 Å². The van der Waals surface area contributed by atoms with Crippen LogP contribution in [0.15, 0.2) is 0 Å². The quantitative estimate of drug-likeness (QED) is 0.458. The van der Waals surface area contributed by atoms with E-state index < -0.39 is 17.5 Å². The molecule has 6 nitrogen and oxygen atoms in total. The summed E-state index contributed by atoms with van der Waals surface area (Å²) < 4.78 is 0. The summed E-state index contributed by atoms with van der Waals surface area (Å²) >= 11 is 0. The van der Waals surface area contributed by atoms with Crippen molar-refractivity contribution < 1.29 is 14.7 Å². The second-order valence-corrected chi connectivity index (χ2v) is 3.26. The molecule has 1 aliphatic rings. The van der Waals surface area contributed by atoms with Gasteiger partial charge in [0.2, 0.25) is 0 Å². The lowest BCUT2D eigenvalue weighted by Crippen LogP contribution is -2.58. The summed E-state index contributed by atoms with van der Waals surface area (Å²) in [6.45, 7) is 0.364. The zero-order valence-electron chi connectivity index (χ0n) is 7.19. The third-order valence-electron chi connectivity index (χ3n) is 2.24. The summed E-state index contributed by atoms with van der Waals surface area (Å²) in [5.41, 5.74) is 8.40. The minimum absolute atomic E-state index is 0.0995. The van der Waals surface area contributed by atoms with E-state index >= 15 is 0 Å².